The average molecular weight is 586 g/mol. The largest absolute Gasteiger partial charge is 0.352 e. The van der Waals surface area contributed by atoms with E-state index in [1.54, 1.807) is 12.1 Å². The first kappa shape index (κ1) is 30.8. The summed E-state index contributed by atoms with van der Waals surface area (Å²) in [7, 11) is -3.86. The highest BCUT2D eigenvalue weighted by Gasteiger charge is 2.33. The molecule has 42 heavy (non-hydrogen) atoms. The van der Waals surface area contributed by atoms with Crippen molar-refractivity contribution in [3.63, 3.8) is 0 Å². The van der Waals surface area contributed by atoms with Crippen molar-refractivity contribution in [1.29, 1.82) is 0 Å². The molecule has 0 aliphatic carbocycles. The van der Waals surface area contributed by atoms with Crippen molar-refractivity contribution < 1.29 is 18.0 Å². The first-order chi connectivity index (χ1) is 20.1. The maximum atomic E-state index is 14.3. The number of rotatable bonds is 12. The number of amides is 2. The first-order valence-electron chi connectivity index (χ1n) is 14.2. The van der Waals surface area contributed by atoms with Crippen LogP contribution in [-0.4, -0.2) is 50.0 Å². The van der Waals surface area contributed by atoms with Crippen LogP contribution in [-0.2, 0) is 32.6 Å². The molecule has 0 radical (unpaired) electrons. The predicted octanol–water partition coefficient (Wildman–Crippen LogP) is 5.47. The van der Waals surface area contributed by atoms with Gasteiger partial charge < -0.3 is 10.2 Å². The summed E-state index contributed by atoms with van der Waals surface area (Å²) in [4.78, 5) is 29.6. The van der Waals surface area contributed by atoms with Gasteiger partial charge in [0.2, 0.25) is 21.8 Å². The lowest BCUT2D eigenvalue weighted by atomic mass is 10.0. The molecule has 0 fully saturated rings. The van der Waals surface area contributed by atoms with E-state index in [1.807, 2.05) is 106 Å². The maximum Gasteiger partial charge on any atom is 0.244 e. The zero-order valence-corrected chi connectivity index (χ0v) is 25.5. The van der Waals surface area contributed by atoms with Gasteiger partial charge in [-0.05, 0) is 42.8 Å². The lowest BCUT2D eigenvalue weighted by Crippen LogP contribution is -2.54. The monoisotopic (exact) mass is 585 g/mol. The summed E-state index contributed by atoms with van der Waals surface area (Å²) in [6, 6.07) is 29.3. The van der Waals surface area contributed by atoms with Gasteiger partial charge in [-0.15, -0.1) is 0 Å². The Bertz CT molecular complexity index is 1620. The number of aryl methyl sites for hydroxylation is 1. The number of nitrogens with one attached hydrogen (secondary N) is 1. The quantitative estimate of drug-likeness (QED) is 0.239. The van der Waals surface area contributed by atoms with Crippen molar-refractivity contribution >= 4 is 38.3 Å². The topological polar surface area (TPSA) is 86.8 Å². The fourth-order valence-corrected chi connectivity index (χ4v) is 5.77. The highest BCUT2D eigenvalue weighted by molar-refractivity contribution is 7.92. The van der Waals surface area contributed by atoms with E-state index in [4.69, 9.17) is 0 Å². The molecule has 2 atom stereocenters. The van der Waals surface area contributed by atoms with E-state index in [9.17, 15) is 18.0 Å². The lowest BCUT2D eigenvalue weighted by Gasteiger charge is -2.34. The van der Waals surface area contributed by atoms with Crippen molar-refractivity contribution in [2.75, 3.05) is 17.1 Å². The van der Waals surface area contributed by atoms with Gasteiger partial charge in [-0.1, -0.05) is 103 Å². The Morgan fingerprint density at radius 1 is 0.833 bits per heavy atom. The third-order valence-electron chi connectivity index (χ3n) is 7.46. The van der Waals surface area contributed by atoms with Gasteiger partial charge in [0.15, 0.2) is 0 Å². The van der Waals surface area contributed by atoms with Crippen LogP contribution in [0.15, 0.2) is 97.1 Å². The second-order valence-corrected chi connectivity index (χ2v) is 12.7. The molecule has 1 N–H and O–H groups in total. The number of sulfonamides is 1. The van der Waals surface area contributed by atoms with E-state index < -0.39 is 28.5 Å². The van der Waals surface area contributed by atoms with Gasteiger partial charge in [0.25, 0.3) is 0 Å². The maximum absolute atomic E-state index is 14.3. The molecule has 4 aromatic carbocycles. The van der Waals surface area contributed by atoms with Crippen molar-refractivity contribution in [2.24, 2.45) is 0 Å². The standard InChI is InChI=1S/C34H39N3O4S/c1-5-26(3)35-34(39)32(22-27-12-7-6-8-13-27)36(23-28-20-18-25(2)19-21-28)33(38)24-37(42(4,40)41)31-17-11-15-29-14-9-10-16-30(29)31/h6-21,26,32H,5,22-24H2,1-4H3,(H,35,39). The molecule has 2 unspecified atom stereocenters. The Hall–Kier alpha value is -4.17. The minimum absolute atomic E-state index is 0.0877. The number of carbonyl (C=O) groups excluding carboxylic acids is 2. The van der Waals surface area contributed by atoms with E-state index in [0.29, 0.717) is 5.69 Å². The molecule has 0 bridgehead atoms. The van der Waals surface area contributed by atoms with Gasteiger partial charge >= 0.3 is 0 Å². The summed E-state index contributed by atoms with van der Waals surface area (Å²) in [6.45, 7) is 5.60. The highest BCUT2D eigenvalue weighted by atomic mass is 32.2. The molecule has 0 saturated heterocycles. The third-order valence-corrected chi connectivity index (χ3v) is 8.59. The Morgan fingerprint density at radius 3 is 2.14 bits per heavy atom. The van der Waals surface area contributed by atoms with Gasteiger partial charge in [0.05, 0.1) is 11.9 Å². The molecule has 4 aromatic rings. The van der Waals surface area contributed by atoms with Crippen LogP contribution in [0.1, 0.15) is 37.0 Å². The minimum Gasteiger partial charge on any atom is -0.352 e. The van der Waals surface area contributed by atoms with Gasteiger partial charge in [-0.25, -0.2) is 8.42 Å². The number of hydrogen-bond donors (Lipinski definition) is 1. The van der Waals surface area contributed by atoms with Gasteiger partial charge in [0, 0.05) is 24.4 Å². The molecule has 8 heteroatoms. The summed E-state index contributed by atoms with van der Waals surface area (Å²) in [5, 5.41) is 4.64. The van der Waals surface area contributed by atoms with Crippen LogP contribution >= 0.6 is 0 Å². The molecule has 220 valence electrons. The van der Waals surface area contributed by atoms with Gasteiger partial charge in [0.1, 0.15) is 12.6 Å². The molecule has 2 amide bonds. The van der Waals surface area contributed by atoms with E-state index >= 15 is 0 Å². The highest BCUT2D eigenvalue weighted by Crippen LogP contribution is 2.29. The molecule has 4 rings (SSSR count). The smallest absolute Gasteiger partial charge is 0.244 e. The number of anilines is 1. The fourth-order valence-electron chi connectivity index (χ4n) is 4.91. The molecule has 0 heterocycles. The minimum atomic E-state index is -3.86. The zero-order valence-electron chi connectivity index (χ0n) is 24.7. The lowest BCUT2D eigenvalue weighted by molar-refractivity contribution is -0.140. The zero-order chi connectivity index (χ0) is 30.3. The van der Waals surface area contributed by atoms with Crippen LogP contribution in [0.2, 0.25) is 0 Å². The number of hydrogen-bond acceptors (Lipinski definition) is 4. The molecule has 0 aliphatic heterocycles. The van der Waals surface area contributed by atoms with Gasteiger partial charge in [-0.3, -0.25) is 13.9 Å². The van der Waals surface area contributed by atoms with E-state index in [-0.39, 0.29) is 24.9 Å². The predicted molar refractivity (Wildman–Crippen MR) is 170 cm³/mol. The number of fused-ring (bicyclic) bond motifs is 1. The summed E-state index contributed by atoms with van der Waals surface area (Å²) in [5.74, 6) is -0.737. The van der Waals surface area contributed by atoms with Crippen LogP contribution in [0.25, 0.3) is 10.8 Å². The van der Waals surface area contributed by atoms with Crippen LogP contribution in [0.4, 0.5) is 5.69 Å². The third kappa shape index (κ3) is 7.76. The molecule has 0 spiro atoms. The second-order valence-electron chi connectivity index (χ2n) is 10.8. The summed E-state index contributed by atoms with van der Waals surface area (Å²) in [6.07, 6.45) is 2.12. The molecular formula is C34H39N3O4S. The second kappa shape index (κ2) is 13.7. The number of nitrogens with zero attached hydrogens (tertiary/aromatic N) is 2. The van der Waals surface area contributed by atoms with Crippen molar-refractivity contribution in [1.82, 2.24) is 10.2 Å². The molecule has 0 aromatic heterocycles. The Kier molecular flexibility index (Phi) is 10.0. The molecule has 7 nitrogen and oxygen atoms in total. The first-order valence-corrected chi connectivity index (χ1v) is 16.1. The van der Waals surface area contributed by atoms with E-state index in [2.05, 4.69) is 5.32 Å². The molecule has 0 saturated carbocycles. The van der Waals surface area contributed by atoms with Crippen LogP contribution in [0, 0.1) is 6.92 Å². The van der Waals surface area contributed by atoms with Gasteiger partial charge in [-0.2, -0.15) is 0 Å². The summed E-state index contributed by atoms with van der Waals surface area (Å²) < 4.78 is 27.5. The average Bonchev–Trinajstić information content (AvgIpc) is 2.98. The normalized spacial score (nSPS) is 12.9. The van der Waals surface area contributed by atoms with Crippen LogP contribution in [0.3, 0.4) is 0 Å². The number of carbonyl (C=O) groups is 2. The van der Waals surface area contributed by atoms with E-state index in [1.165, 1.54) is 4.90 Å². The van der Waals surface area contributed by atoms with Crippen LogP contribution in [0.5, 0.6) is 0 Å². The Morgan fingerprint density at radius 2 is 1.48 bits per heavy atom. The van der Waals surface area contributed by atoms with Crippen molar-refractivity contribution in [2.45, 2.75) is 52.2 Å². The number of benzene rings is 4. The summed E-state index contributed by atoms with van der Waals surface area (Å²) >= 11 is 0. The van der Waals surface area contributed by atoms with E-state index in [0.717, 1.165) is 44.4 Å². The Labute approximate surface area is 249 Å². The van der Waals surface area contributed by atoms with Crippen molar-refractivity contribution in [3.05, 3.63) is 114 Å². The molecular weight excluding hydrogens is 546 g/mol. The molecule has 0 aliphatic rings. The summed E-state index contributed by atoms with van der Waals surface area (Å²) in [5.41, 5.74) is 3.24. The Balaban J connectivity index is 1.78. The van der Waals surface area contributed by atoms with Crippen molar-refractivity contribution in [3.8, 4) is 0 Å². The van der Waals surface area contributed by atoms with Crippen LogP contribution < -0.4 is 9.62 Å². The SMILES string of the molecule is CCC(C)NC(=O)C(Cc1ccccc1)N(Cc1ccc(C)cc1)C(=O)CN(c1cccc2ccccc12)S(C)(=O)=O. The fraction of sp³-hybridized carbons (Fsp3) is 0.294.